The molecule has 14 heteroatoms. The molecule has 0 saturated carbocycles. The second-order valence-corrected chi connectivity index (χ2v) is 27.6. The van der Waals surface area contributed by atoms with Crippen LogP contribution in [0.15, 0.2) is 140 Å². The molecule has 10 rings (SSSR count). The average Bonchev–Trinajstić information content (AvgIpc) is 4.16. The van der Waals surface area contributed by atoms with Crippen LogP contribution in [0.4, 0.5) is 5.69 Å². The number of anilines is 1. The maximum absolute atomic E-state index is 12.8. The summed E-state index contributed by atoms with van der Waals surface area (Å²) in [6.45, 7) is 21.9. The van der Waals surface area contributed by atoms with Gasteiger partial charge in [-0.05, 0) is 168 Å². The Morgan fingerprint density at radius 2 is 1.27 bits per heavy atom. The molecule has 3 aliphatic heterocycles. The number of carbonyl (C=O) groups excluding carboxylic acids is 2. The Balaban J connectivity index is 1.20. The van der Waals surface area contributed by atoms with Crippen molar-refractivity contribution in [1.82, 2.24) is 19.7 Å². The van der Waals surface area contributed by atoms with Crippen molar-refractivity contribution in [2.75, 3.05) is 51.7 Å². The van der Waals surface area contributed by atoms with E-state index in [0.717, 1.165) is 81.7 Å². The number of fused-ring (bicyclic) bond motifs is 6. The molecule has 3 aliphatic rings. The first-order valence-electron chi connectivity index (χ1n) is 28.5. The lowest BCUT2D eigenvalue weighted by atomic mass is 9.77. The zero-order valence-corrected chi connectivity index (χ0v) is 48.5. The minimum absolute atomic E-state index is 0.0652. The van der Waals surface area contributed by atoms with E-state index < -0.39 is 22.3 Å². The number of unbranched alkanes of at least 4 members (excludes halogenated alkanes) is 1. The highest BCUT2D eigenvalue weighted by Crippen LogP contribution is 2.39. The highest BCUT2D eigenvalue weighted by molar-refractivity contribution is 7.01. The smallest absolute Gasteiger partial charge is 0.423 e. The largest absolute Gasteiger partial charge is 0.488 e. The van der Waals surface area contributed by atoms with Crippen LogP contribution in [-0.4, -0.2) is 111 Å². The summed E-state index contributed by atoms with van der Waals surface area (Å²) in [6.07, 6.45) is 4.50. The van der Waals surface area contributed by atoms with Crippen LogP contribution in [0.5, 0.6) is 0 Å². The van der Waals surface area contributed by atoms with Gasteiger partial charge in [-0.2, -0.15) is 0 Å². The van der Waals surface area contributed by atoms with E-state index in [1.54, 1.807) is 26.0 Å². The number of hydrogen-bond acceptors (Lipinski definition) is 9. The number of benzene rings is 7. The zero-order valence-electron chi connectivity index (χ0n) is 47.5. The van der Waals surface area contributed by atoms with E-state index in [1.165, 1.54) is 48.9 Å². The van der Waals surface area contributed by atoms with Crippen molar-refractivity contribution < 1.29 is 29.7 Å². The van der Waals surface area contributed by atoms with Crippen molar-refractivity contribution in [1.29, 1.82) is 0 Å². The van der Waals surface area contributed by atoms with Crippen molar-refractivity contribution in [3.8, 4) is 0 Å². The molecule has 0 spiro atoms. The molecule has 0 fully saturated rings. The number of allylic oxidation sites excluding steroid dienone is 1. The fraction of sp³-hybridized carbons (Fsp3) is 0.318. The summed E-state index contributed by atoms with van der Waals surface area (Å²) in [5, 5.41) is 55.5. The highest BCUT2D eigenvalue weighted by atomic mass is 28.3. The van der Waals surface area contributed by atoms with E-state index >= 15 is 0 Å². The Hall–Kier alpha value is -6.74. The standard InChI is InChI=1S/C66H75B2N5O6Si/c1-43(2)62(74)24-15-16-30-72(39-48-18-9-13-22-58(48)67(76)77)42-57-51-21-12-11-20-50(51)56(41-73(31-17-29-69-66(75)44(3)4)40-49-19-10-14-23-59(49)68(78)79)52-26-25-47(36-53(52)57)65-54-34-45-27-32-70(5)60(45)37-63(54)80(7,8)64-38-61-46(35-55(64)65)28-33-71(61)6/h9-14,18-23,25-26,34-38,76-79H,1,3,15-17,24,27-33,39-42H2,2,4-8H3/p+1. The van der Waals surface area contributed by atoms with E-state index in [-0.39, 0.29) is 11.7 Å². The van der Waals surface area contributed by atoms with Gasteiger partial charge in [0.25, 0.3) is 0 Å². The molecule has 410 valence electrons. The van der Waals surface area contributed by atoms with Crippen molar-refractivity contribution in [3.63, 3.8) is 0 Å². The molecular formula is C66H76B2N5O6Si+. The summed E-state index contributed by atoms with van der Waals surface area (Å²) >= 11 is 0. The normalized spacial score (nSPS) is 14.2. The van der Waals surface area contributed by atoms with Gasteiger partial charge in [-0.3, -0.25) is 19.4 Å². The van der Waals surface area contributed by atoms with E-state index in [2.05, 4.69) is 132 Å². The molecular weight excluding hydrogens is 1010 g/mol. The predicted octanol–water partition coefficient (Wildman–Crippen LogP) is 4.81. The maximum Gasteiger partial charge on any atom is 0.488 e. The van der Waals surface area contributed by atoms with Crippen molar-refractivity contribution in [2.45, 2.75) is 91.6 Å². The molecule has 0 atom stereocenters. The Bertz CT molecular complexity index is 3750. The quantitative estimate of drug-likeness (QED) is 0.0213. The molecule has 0 bridgehead atoms. The van der Waals surface area contributed by atoms with Gasteiger partial charge >= 0.3 is 14.2 Å². The van der Waals surface area contributed by atoms with Crippen LogP contribution < -0.4 is 46.7 Å². The van der Waals surface area contributed by atoms with Crippen LogP contribution in [0.25, 0.3) is 27.1 Å². The molecule has 7 aromatic rings. The number of carbonyl (C=O) groups is 2. The van der Waals surface area contributed by atoms with Crippen LogP contribution in [0.3, 0.4) is 0 Å². The van der Waals surface area contributed by atoms with Crippen LogP contribution >= 0.6 is 0 Å². The first-order chi connectivity index (χ1) is 38.4. The van der Waals surface area contributed by atoms with Gasteiger partial charge in [0.05, 0.1) is 0 Å². The van der Waals surface area contributed by atoms with Crippen molar-refractivity contribution >= 4 is 88.1 Å². The van der Waals surface area contributed by atoms with Crippen LogP contribution in [0.2, 0.25) is 13.1 Å². The van der Waals surface area contributed by atoms with Crippen molar-refractivity contribution in [3.05, 3.63) is 195 Å². The predicted molar refractivity (Wildman–Crippen MR) is 332 cm³/mol. The van der Waals surface area contributed by atoms with Gasteiger partial charge in [0.2, 0.25) is 11.3 Å². The third-order valence-corrected chi connectivity index (χ3v) is 20.8. The Morgan fingerprint density at radius 3 is 1.90 bits per heavy atom. The number of rotatable bonds is 22. The van der Waals surface area contributed by atoms with E-state index in [9.17, 15) is 29.7 Å². The van der Waals surface area contributed by atoms with Crippen LogP contribution in [-0.2, 0) is 48.6 Å². The summed E-state index contributed by atoms with van der Waals surface area (Å²) in [7, 11) is -1.11. The van der Waals surface area contributed by atoms with Crippen LogP contribution in [0.1, 0.15) is 84.0 Å². The van der Waals surface area contributed by atoms with Gasteiger partial charge in [-0.15, -0.1) is 0 Å². The minimum Gasteiger partial charge on any atom is -0.423 e. The van der Waals surface area contributed by atoms with E-state index in [0.29, 0.717) is 87.1 Å². The topological polar surface area (TPSA) is 140 Å². The van der Waals surface area contributed by atoms with E-state index in [4.69, 9.17) is 0 Å². The fourth-order valence-electron chi connectivity index (χ4n) is 12.8. The Labute approximate surface area is 473 Å². The lowest BCUT2D eigenvalue weighted by Gasteiger charge is -2.34. The molecule has 11 nitrogen and oxygen atoms in total. The number of likely N-dealkylation sites (N-methyl/N-ethyl adjacent to an activating group) is 2. The lowest BCUT2D eigenvalue weighted by molar-refractivity contribution is -0.117. The molecule has 5 N–H and O–H groups in total. The van der Waals surface area contributed by atoms with Gasteiger partial charge in [0, 0.05) is 88.6 Å². The maximum atomic E-state index is 12.8. The summed E-state index contributed by atoms with van der Waals surface area (Å²) < 4.78 is 2.41. The Kier molecular flexibility index (Phi) is 16.8. The average molecular weight is 1090 g/mol. The summed E-state index contributed by atoms with van der Waals surface area (Å²) in [4.78, 5) is 32.7. The minimum atomic E-state index is -2.26. The molecule has 3 heterocycles. The van der Waals surface area contributed by atoms with Gasteiger partial charge in [-0.25, -0.2) is 4.58 Å². The van der Waals surface area contributed by atoms with Gasteiger partial charge in [-0.1, -0.05) is 111 Å². The molecule has 0 radical (unpaired) electrons. The molecule has 0 aliphatic carbocycles. The highest BCUT2D eigenvalue weighted by Gasteiger charge is 2.39. The zero-order chi connectivity index (χ0) is 56.6. The molecule has 1 amide bonds. The SMILES string of the molecule is C=C(C)C(=O)CCCCN(Cc1ccccc1B(O)O)Cc1c2ccccc2c(CN(CCCNC(=O)C(=C)C)Cc2ccccc2B(O)O)c2ccc(C3=c4cc5c(cc4[Si](C)(C)c4cc6c(cc43)CCN6C)=[N+](C)CC5)cc12. The molecule has 0 unspecified atom stereocenters. The number of amides is 1. The second kappa shape index (κ2) is 23.8. The first kappa shape index (κ1) is 56.5. The van der Waals surface area contributed by atoms with Gasteiger partial charge < -0.3 is 30.3 Å². The van der Waals surface area contributed by atoms with Crippen molar-refractivity contribution in [2.24, 2.45) is 0 Å². The summed E-state index contributed by atoms with van der Waals surface area (Å²) in [5.74, 6) is -0.116. The molecule has 80 heavy (non-hydrogen) atoms. The summed E-state index contributed by atoms with van der Waals surface area (Å²) in [5.41, 5.74) is 13.7. The summed E-state index contributed by atoms with van der Waals surface area (Å²) in [6, 6.07) is 40.9. The van der Waals surface area contributed by atoms with Crippen LogP contribution in [0, 0.1) is 0 Å². The lowest BCUT2D eigenvalue weighted by Crippen LogP contribution is -2.63. The number of ketones is 1. The van der Waals surface area contributed by atoms with Gasteiger partial charge in [0.1, 0.15) is 21.7 Å². The van der Waals surface area contributed by atoms with Gasteiger partial charge in [0.15, 0.2) is 5.78 Å². The third-order valence-electron chi connectivity index (χ3n) is 17.3. The fourth-order valence-corrected chi connectivity index (χ4v) is 15.8. The molecule has 0 aromatic heterocycles. The first-order valence-corrected chi connectivity index (χ1v) is 31.5. The van der Waals surface area contributed by atoms with E-state index in [1.807, 2.05) is 36.4 Å². The monoisotopic (exact) mass is 1080 g/mol. The number of nitrogens with zero attached hydrogens (tertiary/aromatic N) is 4. The second-order valence-electron chi connectivity index (χ2n) is 23.3. The number of nitrogens with one attached hydrogen (secondary N) is 1. The molecule has 7 aromatic carbocycles. The number of Topliss-reactive ketones (excluding diaryl/α,β-unsaturated/α-hetero) is 1. The Morgan fingerprint density at radius 1 is 0.675 bits per heavy atom. The molecule has 0 saturated heterocycles. The number of hydrogen-bond donors (Lipinski definition) is 5. The third kappa shape index (κ3) is 11.5.